The SMILES string of the molecule is COc1cc(CNC(C)c2ccccc2)ccc1OCC1CCCO1. The predicted molar refractivity (Wildman–Crippen MR) is 99.2 cm³/mol. The van der Waals surface area contributed by atoms with Crippen LogP contribution in [0.15, 0.2) is 48.5 Å². The average Bonchev–Trinajstić information content (AvgIpc) is 3.19. The maximum Gasteiger partial charge on any atom is 0.161 e. The second-order valence-electron chi connectivity index (χ2n) is 6.44. The summed E-state index contributed by atoms with van der Waals surface area (Å²) in [5, 5.41) is 3.55. The minimum Gasteiger partial charge on any atom is -0.493 e. The van der Waals surface area contributed by atoms with E-state index in [0.717, 1.165) is 37.5 Å². The van der Waals surface area contributed by atoms with Crippen molar-refractivity contribution in [2.24, 2.45) is 0 Å². The molecule has 0 amide bonds. The zero-order valence-electron chi connectivity index (χ0n) is 15.0. The molecule has 1 fully saturated rings. The molecule has 1 saturated heterocycles. The highest BCUT2D eigenvalue weighted by Crippen LogP contribution is 2.29. The Bertz CT molecular complexity index is 653. The third-order valence-electron chi connectivity index (χ3n) is 4.59. The van der Waals surface area contributed by atoms with Gasteiger partial charge in [-0.2, -0.15) is 0 Å². The van der Waals surface area contributed by atoms with E-state index in [2.05, 4.69) is 42.6 Å². The molecule has 2 unspecified atom stereocenters. The molecule has 4 nitrogen and oxygen atoms in total. The summed E-state index contributed by atoms with van der Waals surface area (Å²) in [4.78, 5) is 0. The van der Waals surface area contributed by atoms with Crippen LogP contribution in [0.5, 0.6) is 11.5 Å². The van der Waals surface area contributed by atoms with Crippen molar-refractivity contribution in [3.63, 3.8) is 0 Å². The van der Waals surface area contributed by atoms with Gasteiger partial charge in [-0.3, -0.25) is 0 Å². The van der Waals surface area contributed by atoms with Gasteiger partial charge in [0.15, 0.2) is 11.5 Å². The summed E-state index contributed by atoms with van der Waals surface area (Å²) in [5.41, 5.74) is 2.45. The Labute approximate surface area is 150 Å². The van der Waals surface area contributed by atoms with Gasteiger partial charge in [0.1, 0.15) is 6.61 Å². The molecule has 0 aliphatic carbocycles. The number of methoxy groups -OCH3 is 1. The molecule has 4 heteroatoms. The molecule has 2 aromatic carbocycles. The molecule has 0 spiro atoms. The fraction of sp³-hybridized carbons (Fsp3) is 0.429. The van der Waals surface area contributed by atoms with E-state index in [-0.39, 0.29) is 6.10 Å². The second-order valence-corrected chi connectivity index (χ2v) is 6.44. The van der Waals surface area contributed by atoms with Crippen molar-refractivity contribution in [2.45, 2.75) is 38.5 Å². The summed E-state index contributed by atoms with van der Waals surface area (Å²) >= 11 is 0. The lowest BCUT2D eigenvalue weighted by Gasteiger charge is -2.17. The van der Waals surface area contributed by atoms with Crippen molar-refractivity contribution in [3.8, 4) is 11.5 Å². The first-order valence-electron chi connectivity index (χ1n) is 8.96. The van der Waals surface area contributed by atoms with Crippen LogP contribution in [0, 0.1) is 0 Å². The average molecular weight is 341 g/mol. The van der Waals surface area contributed by atoms with E-state index in [0.29, 0.717) is 12.6 Å². The second kappa shape index (κ2) is 8.88. The van der Waals surface area contributed by atoms with Crippen LogP contribution in [0.1, 0.15) is 36.9 Å². The monoisotopic (exact) mass is 341 g/mol. The van der Waals surface area contributed by atoms with Crippen molar-refractivity contribution < 1.29 is 14.2 Å². The zero-order valence-corrected chi connectivity index (χ0v) is 15.0. The molecule has 3 rings (SSSR count). The Morgan fingerprint density at radius 3 is 2.72 bits per heavy atom. The van der Waals surface area contributed by atoms with Crippen molar-refractivity contribution in [3.05, 3.63) is 59.7 Å². The minimum absolute atomic E-state index is 0.206. The van der Waals surface area contributed by atoms with Gasteiger partial charge in [0, 0.05) is 19.2 Å². The number of hydrogen-bond acceptors (Lipinski definition) is 4. The Kier molecular flexibility index (Phi) is 6.31. The summed E-state index contributed by atoms with van der Waals surface area (Å²) < 4.78 is 17.0. The molecule has 0 saturated carbocycles. The van der Waals surface area contributed by atoms with Gasteiger partial charge in [0.05, 0.1) is 13.2 Å². The summed E-state index contributed by atoms with van der Waals surface area (Å²) in [7, 11) is 1.68. The van der Waals surface area contributed by atoms with Gasteiger partial charge in [0.2, 0.25) is 0 Å². The standard InChI is InChI=1S/C21H27NO3/c1-16(18-7-4-3-5-8-18)22-14-17-10-11-20(21(13-17)23-2)25-15-19-9-6-12-24-19/h3-5,7-8,10-11,13,16,19,22H,6,9,12,14-15H2,1-2H3. The minimum atomic E-state index is 0.206. The van der Waals surface area contributed by atoms with Gasteiger partial charge in [-0.25, -0.2) is 0 Å². The smallest absolute Gasteiger partial charge is 0.161 e. The van der Waals surface area contributed by atoms with E-state index in [1.807, 2.05) is 18.2 Å². The van der Waals surface area contributed by atoms with Crippen LogP contribution in [-0.4, -0.2) is 26.4 Å². The van der Waals surface area contributed by atoms with Crippen molar-refractivity contribution in [2.75, 3.05) is 20.3 Å². The van der Waals surface area contributed by atoms with Crippen LogP contribution in [0.3, 0.4) is 0 Å². The molecule has 0 aromatic heterocycles. The van der Waals surface area contributed by atoms with E-state index in [1.54, 1.807) is 7.11 Å². The fourth-order valence-electron chi connectivity index (χ4n) is 3.03. The summed E-state index contributed by atoms with van der Waals surface area (Å²) in [6.45, 7) is 4.37. The quantitative estimate of drug-likeness (QED) is 0.784. The third-order valence-corrected chi connectivity index (χ3v) is 4.59. The van der Waals surface area contributed by atoms with E-state index >= 15 is 0 Å². The molecular weight excluding hydrogens is 314 g/mol. The van der Waals surface area contributed by atoms with E-state index in [4.69, 9.17) is 14.2 Å². The lowest BCUT2D eigenvalue weighted by Crippen LogP contribution is -2.18. The van der Waals surface area contributed by atoms with Crippen LogP contribution in [0.25, 0.3) is 0 Å². The van der Waals surface area contributed by atoms with E-state index < -0.39 is 0 Å². The van der Waals surface area contributed by atoms with E-state index in [9.17, 15) is 0 Å². The molecule has 134 valence electrons. The van der Waals surface area contributed by atoms with Gasteiger partial charge in [-0.05, 0) is 43.0 Å². The van der Waals surface area contributed by atoms with E-state index in [1.165, 1.54) is 11.1 Å². The van der Waals surface area contributed by atoms with Crippen molar-refractivity contribution in [1.82, 2.24) is 5.32 Å². The molecule has 0 bridgehead atoms. The first kappa shape index (κ1) is 17.8. The topological polar surface area (TPSA) is 39.7 Å². The first-order chi connectivity index (χ1) is 12.3. The molecular formula is C21H27NO3. The maximum absolute atomic E-state index is 5.89. The Morgan fingerprint density at radius 1 is 1.16 bits per heavy atom. The molecule has 2 aromatic rings. The Balaban J connectivity index is 1.56. The third kappa shape index (κ3) is 4.97. The van der Waals surface area contributed by atoms with Crippen LogP contribution >= 0.6 is 0 Å². The first-order valence-corrected chi connectivity index (χ1v) is 8.96. The van der Waals surface area contributed by atoms with Gasteiger partial charge in [0.25, 0.3) is 0 Å². The lowest BCUT2D eigenvalue weighted by atomic mass is 10.1. The van der Waals surface area contributed by atoms with Gasteiger partial charge >= 0.3 is 0 Å². The molecule has 1 aliphatic rings. The molecule has 1 heterocycles. The molecule has 2 atom stereocenters. The summed E-state index contributed by atoms with van der Waals surface area (Å²) in [5.74, 6) is 1.54. The predicted octanol–water partition coefficient (Wildman–Crippen LogP) is 4.10. The zero-order chi connectivity index (χ0) is 17.5. The number of rotatable bonds is 8. The molecule has 1 aliphatic heterocycles. The van der Waals surface area contributed by atoms with Gasteiger partial charge in [-0.1, -0.05) is 36.4 Å². The van der Waals surface area contributed by atoms with Crippen molar-refractivity contribution >= 4 is 0 Å². The summed E-state index contributed by atoms with van der Waals surface area (Å²) in [6, 6.07) is 16.8. The number of benzene rings is 2. The van der Waals surface area contributed by atoms with Gasteiger partial charge in [-0.15, -0.1) is 0 Å². The fourth-order valence-corrected chi connectivity index (χ4v) is 3.03. The molecule has 0 radical (unpaired) electrons. The highest BCUT2D eigenvalue weighted by Gasteiger charge is 2.17. The highest BCUT2D eigenvalue weighted by atomic mass is 16.5. The molecule has 1 N–H and O–H groups in total. The number of ether oxygens (including phenoxy) is 3. The Hall–Kier alpha value is -2.04. The van der Waals surface area contributed by atoms with Crippen LogP contribution in [0.2, 0.25) is 0 Å². The normalized spacial score (nSPS) is 18.1. The van der Waals surface area contributed by atoms with Crippen molar-refractivity contribution in [1.29, 1.82) is 0 Å². The van der Waals surface area contributed by atoms with Crippen LogP contribution < -0.4 is 14.8 Å². The maximum atomic E-state index is 5.89. The Morgan fingerprint density at radius 2 is 2.00 bits per heavy atom. The number of nitrogens with one attached hydrogen (secondary N) is 1. The number of hydrogen-bond donors (Lipinski definition) is 1. The molecule has 25 heavy (non-hydrogen) atoms. The summed E-state index contributed by atoms with van der Waals surface area (Å²) in [6.07, 6.45) is 2.40. The largest absolute Gasteiger partial charge is 0.493 e. The highest BCUT2D eigenvalue weighted by molar-refractivity contribution is 5.43. The van der Waals surface area contributed by atoms with Crippen LogP contribution in [-0.2, 0) is 11.3 Å². The van der Waals surface area contributed by atoms with Gasteiger partial charge < -0.3 is 19.5 Å². The lowest BCUT2D eigenvalue weighted by molar-refractivity contribution is 0.0669. The van der Waals surface area contributed by atoms with Crippen LogP contribution in [0.4, 0.5) is 0 Å².